The monoisotopic (exact) mass is 414 g/mol. The summed E-state index contributed by atoms with van der Waals surface area (Å²) in [5, 5.41) is 6.25. The van der Waals surface area contributed by atoms with Crippen LogP contribution in [-0.4, -0.2) is 4.98 Å². The molecule has 0 aliphatic rings. The van der Waals surface area contributed by atoms with Gasteiger partial charge < -0.3 is 5.32 Å². The van der Waals surface area contributed by atoms with E-state index in [2.05, 4.69) is 51.3 Å². The molecule has 0 saturated heterocycles. The van der Waals surface area contributed by atoms with Gasteiger partial charge in [-0.15, -0.1) is 11.3 Å². The molecule has 0 spiro atoms. The molecular weight excluding hydrogens is 403 g/mol. The fraction of sp³-hybridized carbons (Fsp3) is 0.133. The van der Waals surface area contributed by atoms with Crippen LogP contribution in [0.2, 0.25) is 5.02 Å². The van der Waals surface area contributed by atoms with Crippen LogP contribution in [0.3, 0.4) is 0 Å². The first kappa shape index (κ1) is 14.1. The number of aromatic nitrogens is 1. The van der Waals surface area contributed by atoms with Gasteiger partial charge in [0.2, 0.25) is 0 Å². The van der Waals surface area contributed by atoms with Gasteiger partial charge in [0.25, 0.3) is 0 Å². The molecule has 20 heavy (non-hydrogen) atoms. The van der Waals surface area contributed by atoms with E-state index in [0.29, 0.717) is 0 Å². The standard InChI is InChI=1S/C15H12ClIN2S/c1-9(19-13-3-2-11(17)7-12(13)16)10-6-15-14(18-8-10)4-5-20-15/h2-9,19H,1H3. The van der Waals surface area contributed by atoms with Gasteiger partial charge in [0.1, 0.15) is 0 Å². The van der Waals surface area contributed by atoms with E-state index in [1.807, 2.05) is 30.5 Å². The number of nitrogens with zero attached hydrogens (tertiary/aromatic N) is 1. The minimum Gasteiger partial charge on any atom is -0.377 e. The van der Waals surface area contributed by atoms with E-state index in [0.717, 1.165) is 25.4 Å². The first-order chi connectivity index (χ1) is 9.63. The predicted octanol–water partition coefficient (Wildman–Crippen LogP) is 5.73. The van der Waals surface area contributed by atoms with Crippen molar-refractivity contribution in [3.8, 4) is 0 Å². The van der Waals surface area contributed by atoms with Gasteiger partial charge in [0, 0.05) is 9.77 Å². The lowest BCUT2D eigenvalue weighted by Gasteiger charge is -2.16. The number of hydrogen-bond acceptors (Lipinski definition) is 3. The summed E-state index contributed by atoms with van der Waals surface area (Å²) < 4.78 is 2.34. The summed E-state index contributed by atoms with van der Waals surface area (Å²) in [4.78, 5) is 4.48. The number of pyridine rings is 1. The highest BCUT2D eigenvalue weighted by molar-refractivity contribution is 14.1. The van der Waals surface area contributed by atoms with Gasteiger partial charge >= 0.3 is 0 Å². The third kappa shape index (κ3) is 2.92. The molecule has 0 amide bonds. The van der Waals surface area contributed by atoms with E-state index in [1.165, 1.54) is 4.70 Å². The third-order valence-corrected chi connectivity index (χ3v) is 4.96. The molecule has 3 rings (SSSR count). The molecule has 0 saturated carbocycles. The lowest BCUT2D eigenvalue weighted by atomic mass is 10.1. The minimum absolute atomic E-state index is 0.159. The Hall–Kier alpha value is -0.850. The van der Waals surface area contributed by atoms with Gasteiger partial charge in [0.15, 0.2) is 0 Å². The zero-order valence-electron chi connectivity index (χ0n) is 10.7. The second-order valence-electron chi connectivity index (χ2n) is 4.56. The third-order valence-electron chi connectivity index (χ3n) is 3.13. The van der Waals surface area contributed by atoms with Crippen molar-refractivity contribution < 1.29 is 0 Å². The maximum absolute atomic E-state index is 6.26. The summed E-state index contributed by atoms with van der Waals surface area (Å²) in [6.45, 7) is 2.12. The topological polar surface area (TPSA) is 24.9 Å². The van der Waals surface area contributed by atoms with Gasteiger partial charge in [-0.05, 0) is 70.8 Å². The fourth-order valence-electron chi connectivity index (χ4n) is 2.02. The molecule has 1 N–H and O–H groups in total. The Kier molecular flexibility index (Phi) is 4.14. The number of nitrogens with one attached hydrogen (secondary N) is 1. The van der Waals surface area contributed by atoms with Crippen LogP contribution in [-0.2, 0) is 0 Å². The molecule has 1 aromatic carbocycles. The second kappa shape index (κ2) is 5.87. The maximum atomic E-state index is 6.26. The highest BCUT2D eigenvalue weighted by Gasteiger charge is 2.09. The summed E-state index contributed by atoms with van der Waals surface area (Å²) in [6.07, 6.45) is 1.92. The Morgan fingerprint density at radius 2 is 2.15 bits per heavy atom. The van der Waals surface area contributed by atoms with Crippen LogP contribution in [0.1, 0.15) is 18.5 Å². The van der Waals surface area contributed by atoms with Crippen LogP contribution in [0, 0.1) is 3.57 Å². The molecule has 1 unspecified atom stereocenters. The maximum Gasteiger partial charge on any atom is 0.0809 e. The van der Waals surface area contributed by atoms with Crippen molar-refractivity contribution >= 4 is 61.4 Å². The SMILES string of the molecule is CC(Nc1ccc(I)cc1Cl)c1cnc2ccsc2c1. The fourth-order valence-corrected chi connectivity index (χ4v) is 3.72. The number of rotatable bonds is 3. The largest absolute Gasteiger partial charge is 0.377 e. The van der Waals surface area contributed by atoms with Crippen LogP contribution in [0.25, 0.3) is 10.2 Å². The summed E-state index contributed by atoms with van der Waals surface area (Å²) in [7, 11) is 0. The quantitative estimate of drug-likeness (QED) is 0.554. The highest BCUT2D eigenvalue weighted by Crippen LogP contribution is 2.29. The van der Waals surface area contributed by atoms with Crippen LogP contribution in [0.4, 0.5) is 5.69 Å². The smallest absolute Gasteiger partial charge is 0.0809 e. The molecule has 1 atom stereocenters. The van der Waals surface area contributed by atoms with Crippen molar-refractivity contribution in [2.45, 2.75) is 13.0 Å². The number of fused-ring (bicyclic) bond motifs is 1. The zero-order valence-corrected chi connectivity index (χ0v) is 14.5. The molecule has 2 aromatic heterocycles. The highest BCUT2D eigenvalue weighted by atomic mass is 127. The molecule has 0 aliphatic heterocycles. The van der Waals surface area contributed by atoms with Crippen molar-refractivity contribution in [3.05, 3.63) is 56.1 Å². The molecule has 2 heterocycles. The van der Waals surface area contributed by atoms with Crippen LogP contribution in [0.5, 0.6) is 0 Å². The summed E-state index contributed by atoms with van der Waals surface area (Å²) >= 11 is 10.2. The normalized spacial score (nSPS) is 12.6. The molecule has 0 bridgehead atoms. The van der Waals surface area contributed by atoms with E-state index in [-0.39, 0.29) is 6.04 Å². The van der Waals surface area contributed by atoms with Gasteiger partial charge in [-0.25, -0.2) is 0 Å². The van der Waals surface area contributed by atoms with E-state index >= 15 is 0 Å². The number of thiophene rings is 1. The lowest BCUT2D eigenvalue weighted by molar-refractivity contribution is 0.880. The number of hydrogen-bond donors (Lipinski definition) is 1. The molecule has 2 nitrogen and oxygen atoms in total. The molecule has 0 aliphatic carbocycles. The molecule has 0 fully saturated rings. The zero-order chi connectivity index (χ0) is 14.1. The Bertz CT molecular complexity index is 756. The average Bonchev–Trinajstić information content (AvgIpc) is 2.89. The van der Waals surface area contributed by atoms with Gasteiger partial charge in [-0.2, -0.15) is 0 Å². The minimum atomic E-state index is 0.159. The molecule has 102 valence electrons. The summed E-state index contributed by atoms with van der Waals surface area (Å²) in [5.41, 5.74) is 3.17. The Morgan fingerprint density at radius 1 is 1.30 bits per heavy atom. The van der Waals surface area contributed by atoms with Crippen molar-refractivity contribution in [3.63, 3.8) is 0 Å². The van der Waals surface area contributed by atoms with Crippen LogP contribution in [0.15, 0.2) is 41.9 Å². The van der Waals surface area contributed by atoms with Crippen LogP contribution < -0.4 is 5.32 Å². The van der Waals surface area contributed by atoms with E-state index in [9.17, 15) is 0 Å². The first-order valence-electron chi connectivity index (χ1n) is 6.18. The van der Waals surface area contributed by atoms with E-state index < -0.39 is 0 Å². The van der Waals surface area contributed by atoms with Gasteiger partial charge in [-0.1, -0.05) is 11.6 Å². The molecule has 3 aromatic rings. The molecule has 5 heteroatoms. The van der Waals surface area contributed by atoms with Gasteiger partial charge in [0.05, 0.1) is 27.0 Å². The Morgan fingerprint density at radius 3 is 2.95 bits per heavy atom. The van der Waals surface area contributed by atoms with Crippen molar-refractivity contribution in [1.82, 2.24) is 4.98 Å². The van der Waals surface area contributed by atoms with E-state index in [1.54, 1.807) is 11.3 Å². The average molecular weight is 415 g/mol. The number of benzene rings is 1. The van der Waals surface area contributed by atoms with Crippen LogP contribution >= 0.6 is 45.5 Å². The predicted molar refractivity (Wildman–Crippen MR) is 95.8 cm³/mol. The second-order valence-corrected chi connectivity index (χ2v) is 7.16. The first-order valence-corrected chi connectivity index (χ1v) is 8.52. The summed E-state index contributed by atoms with van der Waals surface area (Å²) in [5.74, 6) is 0. The lowest BCUT2D eigenvalue weighted by Crippen LogP contribution is -2.07. The van der Waals surface area contributed by atoms with E-state index in [4.69, 9.17) is 11.6 Å². The molecule has 0 radical (unpaired) electrons. The van der Waals surface area contributed by atoms with Crippen molar-refractivity contribution in [1.29, 1.82) is 0 Å². The van der Waals surface area contributed by atoms with Crippen molar-refractivity contribution in [2.75, 3.05) is 5.32 Å². The molecular formula is C15H12ClIN2S. The Labute approximate surface area is 140 Å². The Balaban J connectivity index is 1.86. The number of anilines is 1. The summed E-state index contributed by atoms with van der Waals surface area (Å²) in [6, 6.07) is 10.4. The van der Waals surface area contributed by atoms with Gasteiger partial charge in [-0.3, -0.25) is 4.98 Å². The van der Waals surface area contributed by atoms with Crippen molar-refractivity contribution in [2.24, 2.45) is 0 Å². The number of halogens is 2.